The van der Waals surface area contributed by atoms with Crippen molar-refractivity contribution in [2.24, 2.45) is 0 Å². The lowest BCUT2D eigenvalue weighted by Crippen LogP contribution is -2.51. The number of ether oxygens (including phenoxy) is 1. The summed E-state index contributed by atoms with van der Waals surface area (Å²) < 4.78 is 34.5. The molecule has 8 heteroatoms. The summed E-state index contributed by atoms with van der Waals surface area (Å²) in [5.41, 5.74) is 2.42. The van der Waals surface area contributed by atoms with Crippen molar-refractivity contribution in [2.75, 3.05) is 19.6 Å². The van der Waals surface area contributed by atoms with Crippen LogP contribution in [0.4, 0.5) is 0 Å². The fourth-order valence-electron chi connectivity index (χ4n) is 3.92. The van der Waals surface area contributed by atoms with Crippen LogP contribution in [0.5, 0.6) is 5.75 Å². The molecule has 0 unspecified atom stereocenters. The predicted molar refractivity (Wildman–Crippen MR) is 106 cm³/mol. The molecule has 0 bridgehead atoms. The molecule has 1 spiro atoms. The summed E-state index contributed by atoms with van der Waals surface area (Å²) in [6.07, 6.45) is 0.803. The molecule has 6 nitrogen and oxygen atoms in total. The zero-order valence-corrected chi connectivity index (χ0v) is 17.5. The Morgan fingerprint density at radius 1 is 1.30 bits per heavy atom. The highest BCUT2D eigenvalue weighted by Gasteiger charge is 2.48. The molecule has 0 saturated carbocycles. The summed E-state index contributed by atoms with van der Waals surface area (Å²) in [4.78, 5) is 8.21. The second-order valence-corrected chi connectivity index (χ2v) is 10.5. The van der Waals surface area contributed by atoms with Gasteiger partial charge in [0.15, 0.2) is 0 Å². The van der Waals surface area contributed by atoms with Crippen LogP contribution in [-0.2, 0) is 16.6 Å². The van der Waals surface area contributed by atoms with Gasteiger partial charge in [0.1, 0.15) is 16.2 Å². The molecule has 2 aromatic rings. The molecule has 27 heavy (non-hydrogen) atoms. The van der Waals surface area contributed by atoms with Crippen LogP contribution in [0.3, 0.4) is 0 Å². The molecular weight excluding hydrogens is 382 g/mol. The Morgan fingerprint density at radius 2 is 2.07 bits per heavy atom. The van der Waals surface area contributed by atoms with Gasteiger partial charge < -0.3 is 4.74 Å². The van der Waals surface area contributed by atoms with Crippen molar-refractivity contribution in [2.45, 2.75) is 50.3 Å². The minimum Gasteiger partial charge on any atom is -0.483 e. The summed E-state index contributed by atoms with van der Waals surface area (Å²) in [5.74, 6) is 0.469. The van der Waals surface area contributed by atoms with Gasteiger partial charge in [-0.1, -0.05) is 12.1 Å². The molecule has 1 aromatic carbocycles. The molecule has 1 atom stereocenters. The Balaban J connectivity index is 1.67. The molecule has 1 aromatic heterocycles. The number of rotatable bonds is 3. The maximum atomic E-state index is 13.2. The van der Waals surface area contributed by atoms with Crippen LogP contribution >= 0.6 is 11.3 Å². The van der Waals surface area contributed by atoms with E-state index in [1.165, 1.54) is 4.88 Å². The van der Waals surface area contributed by atoms with E-state index in [4.69, 9.17) is 4.74 Å². The van der Waals surface area contributed by atoms with E-state index < -0.39 is 15.6 Å². The first-order valence-electron chi connectivity index (χ1n) is 9.22. The van der Waals surface area contributed by atoms with Gasteiger partial charge in [0.05, 0.1) is 17.7 Å². The number of sulfonamides is 1. The minimum absolute atomic E-state index is 0.126. The van der Waals surface area contributed by atoms with Gasteiger partial charge in [-0.3, -0.25) is 4.90 Å². The molecule has 0 radical (unpaired) electrons. The second-order valence-electron chi connectivity index (χ2n) is 7.70. The highest BCUT2D eigenvalue weighted by Crippen LogP contribution is 2.39. The van der Waals surface area contributed by atoms with E-state index in [2.05, 4.69) is 9.88 Å². The standard InChI is InChI=1S/C19H25N3O3S2/c1-14(2)22-12-19(25-16-6-4-5-7-18(16)27(22,23)24)8-9-21(11-19)10-17-15(3)20-13-26-17/h4-7,13-14H,8-12H2,1-3H3/t19-/m1/s1. The first-order chi connectivity index (χ1) is 12.8. The van der Waals surface area contributed by atoms with Crippen LogP contribution in [0.25, 0.3) is 0 Å². The third kappa shape index (κ3) is 3.40. The number of nitrogens with zero attached hydrogens (tertiary/aromatic N) is 3. The van der Waals surface area contributed by atoms with Gasteiger partial charge in [0, 0.05) is 37.0 Å². The quantitative estimate of drug-likeness (QED) is 0.783. The van der Waals surface area contributed by atoms with Crippen molar-refractivity contribution in [3.05, 3.63) is 40.3 Å². The van der Waals surface area contributed by atoms with Crippen LogP contribution in [-0.4, -0.2) is 53.9 Å². The Kier molecular flexibility index (Phi) is 4.78. The summed E-state index contributed by atoms with van der Waals surface area (Å²) in [7, 11) is -3.57. The lowest BCUT2D eigenvalue weighted by molar-refractivity contribution is 0.0533. The van der Waals surface area contributed by atoms with Crippen molar-refractivity contribution in [1.82, 2.24) is 14.2 Å². The van der Waals surface area contributed by atoms with Gasteiger partial charge in [0.2, 0.25) is 10.0 Å². The highest BCUT2D eigenvalue weighted by molar-refractivity contribution is 7.89. The highest BCUT2D eigenvalue weighted by atomic mass is 32.2. The molecular formula is C19H25N3O3S2. The molecule has 146 valence electrons. The molecule has 0 aliphatic carbocycles. The molecule has 3 heterocycles. The SMILES string of the molecule is Cc1ncsc1CN1CC[C@@]2(C1)CN(C(C)C)S(=O)(=O)c1ccccc1O2. The maximum Gasteiger partial charge on any atom is 0.247 e. The largest absolute Gasteiger partial charge is 0.483 e. The van der Waals surface area contributed by atoms with Gasteiger partial charge in [-0.25, -0.2) is 13.4 Å². The first-order valence-corrected chi connectivity index (χ1v) is 11.5. The van der Waals surface area contributed by atoms with Gasteiger partial charge >= 0.3 is 0 Å². The van der Waals surface area contributed by atoms with E-state index in [0.29, 0.717) is 18.8 Å². The maximum absolute atomic E-state index is 13.2. The lowest BCUT2D eigenvalue weighted by Gasteiger charge is -2.33. The molecule has 1 fully saturated rings. The van der Waals surface area contributed by atoms with Gasteiger partial charge in [-0.2, -0.15) is 4.31 Å². The van der Waals surface area contributed by atoms with E-state index in [-0.39, 0.29) is 10.9 Å². The van der Waals surface area contributed by atoms with Gasteiger partial charge in [-0.05, 0) is 32.9 Å². The molecule has 1 saturated heterocycles. The Hall–Kier alpha value is -1.48. The molecule has 0 amide bonds. The normalized spacial score (nSPS) is 25.5. The number of aryl methyl sites for hydroxylation is 1. The van der Waals surface area contributed by atoms with E-state index in [9.17, 15) is 8.42 Å². The summed E-state index contributed by atoms with van der Waals surface area (Å²) in [5, 5.41) is 0. The van der Waals surface area contributed by atoms with Crippen molar-refractivity contribution in [3.8, 4) is 5.75 Å². The van der Waals surface area contributed by atoms with Crippen LogP contribution in [0.2, 0.25) is 0 Å². The Bertz CT molecular complexity index is 941. The number of hydrogen-bond donors (Lipinski definition) is 0. The lowest BCUT2D eigenvalue weighted by atomic mass is 10.0. The Morgan fingerprint density at radius 3 is 2.78 bits per heavy atom. The summed E-state index contributed by atoms with van der Waals surface area (Å²) in [6.45, 7) is 8.67. The zero-order valence-electron chi connectivity index (χ0n) is 15.9. The molecule has 2 aliphatic rings. The monoisotopic (exact) mass is 407 g/mol. The third-order valence-electron chi connectivity index (χ3n) is 5.39. The number of para-hydroxylation sites is 1. The van der Waals surface area contributed by atoms with Crippen molar-refractivity contribution in [1.29, 1.82) is 0 Å². The van der Waals surface area contributed by atoms with Crippen LogP contribution in [0.15, 0.2) is 34.7 Å². The van der Waals surface area contributed by atoms with E-state index in [1.54, 1.807) is 33.8 Å². The molecule has 4 rings (SSSR count). The number of fused-ring (bicyclic) bond motifs is 1. The van der Waals surface area contributed by atoms with Crippen molar-refractivity contribution in [3.63, 3.8) is 0 Å². The first kappa shape index (κ1) is 18.9. The minimum atomic E-state index is -3.57. The third-order valence-corrected chi connectivity index (χ3v) is 8.37. The number of hydrogen-bond acceptors (Lipinski definition) is 6. The van der Waals surface area contributed by atoms with E-state index in [0.717, 1.165) is 25.2 Å². The second kappa shape index (κ2) is 6.84. The van der Waals surface area contributed by atoms with E-state index in [1.807, 2.05) is 32.3 Å². The number of aromatic nitrogens is 1. The Labute approximate surface area is 164 Å². The van der Waals surface area contributed by atoms with Crippen LogP contribution in [0, 0.1) is 6.92 Å². The summed E-state index contributed by atoms with van der Waals surface area (Å²) in [6, 6.07) is 6.88. The summed E-state index contributed by atoms with van der Waals surface area (Å²) >= 11 is 1.67. The zero-order chi connectivity index (χ0) is 19.2. The van der Waals surface area contributed by atoms with Crippen molar-refractivity contribution < 1.29 is 13.2 Å². The van der Waals surface area contributed by atoms with Gasteiger partial charge in [0.25, 0.3) is 0 Å². The van der Waals surface area contributed by atoms with Gasteiger partial charge in [-0.15, -0.1) is 11.3 Å². The topological polar surface area (TPSA) is 62.7 Å². The van der Waals surface area contributed by atoms with Crippen LogP contribution in [0.1, 0.15) is 30.8 Å². The number of benzene rings is 1. The molecule has 0 N–H and O–H groups in total. The van der Waals surface area contributed by atoms with Crippen LogP contribution < -0.4 is 4.74 Å². The fourth-order valence-corrected chi connectivity index (χ4v) is 6.57. The predicted octanol–water partition coefficient (Wildman–Crippen LogP) is 2.89. The molecule has 2 aliphatic heterocycles. The smallest absolute Gasteiger partial charge is 0.247 e. The fraction of sp³-hybridized carbons (Fsp3) is 0.526. The number of likely N-dealkylation sites (tertiary alicyclic amines) is 1. The average Bonchev–Trinajstić information content (AvgIpc) is 3.17. The van der Waals surface area contributed by atoms with E-state index >= 15 is 0 Å². The number of thiazole rings is 1. The average molecular weight is 408 g/mol. The van der Waals surface area contributed by atoms with Crippen molar-refractivity contribution >= 4 is 21.4 Å².